The van der Waals surface area contributed by atoms with Crippen LogP contribution < -0.4 is 9.78 Å². The molecule has 236 valence electrons. The molecule has 4 aromatic heterocycles. The molecule has 50 heavy (non-hydrogen) atoms. The zero-order chi connectivity index (χ0) is 33.0. The van der Waals surface area contributed by atoms with Gasteiger partial charge < -0.3 is 9.55 Å². The van der Waals surface area contributed by atoms with Gasteiger partial charge in [0, 0.05) is 38.6 Å². The SMILES string of the molecule is c1ccc(C[n+]2[n-]c(-c3cccc(-n4c5ccccc5c5ccc6c(c7ccccc7n6-c6ccccc6)c54)n3)nc2-c2ccccc2)cc1. The summed E-state index contributed by atoms with van der Waals surface area (Å²) in [6, 6.07) is 59.2. The minimum Gasteiger partial charge on any atom is -0.396 e. The maximum absolute atomic E-state index is 5.31. The van der Waals surface area contributed by atoms with Gasteiger partial charge in [0.15, 0.2) is 0 Å². The fourth-order valence-corrected chi connectivity index (χ4v) is 7.39. The number of nitrogens with zero attached hydrogens (tertiary/aromatic N) is 6. The smallest absolute Gasteiger partial charge is 0.138 e. The summed E-state index contributed by atoms with van der Waals surface area (Å²) in [5, 5.41) is 9.83. The van der Waals surface area contributed by atoms with Crippen molar-refractivity contribution in [1.29, 1.82) is 0 Å². The Morgan fingerprint density at radius 2 is 1.16 bits per heavy atom. The highest BCUT2D eigenvalue weighted by Crippen LogP contribution is 2.41. The van der Waals surface area contributed by atoms with Crippen molar-refractivity contribution in [3.63, 3.8) is 0 Å². The minimum atomic E-state index is 0.591. The van der Waals surface area contributed by atoms with Crippen molar-refractivity contribution in [2.45, 2.75) is 6.54 Å². The van der Waals surface area contributed by atoms with Gasteiger partial charge in [-0.25, -0.2) is 4.98 Å². The second-order valence-corrected chi connectivity index (χ2v) is 12.5. The standard InChI is InChI=1S/C44H30N6/c1-4-15-30(16-5-1)29-48-44(31-17-6-2-7-18-31)46-43(47-48)36-23-14-26-40(45-36)50-37-24-12-10-21-33(37)34-27-28-39-41(42(34)50)35-22-11-13-25-38(35)49(39)32-19-8-3-9-20-32/h1-28H,29H2. The van der Waals surface area contributed by atoms with E-state index in [1.54, 1.807) is 0 Å². The highest BCUT2D eigenvalue weighted by molar-refractivity contribution is 6.26. The summed E-state index contributed by atoms with van der Waals surface area (Å²) in [5.41, 5.74) is 8.57. The van der Waals surface area contributed by atoms with E-state index in [4.69, 9.17) is 15.1 Å². The van der Waals surface area contributed by atoms with Gasteiger partial charge in [-0.1, -0.05) is 127 Å². The van der Waals surface area contributed by atoms with Crippen LogP contribution in [0.1, 0.15) is 5.56 Å². The molecule has 0 radical (unpaired) electrons. The van der Waals surface area contributed by atoms with Crippen LogP contribution in [0.4, 0.5) is 0 Å². The second kappa shape index (κ2) is 11.4. The normalized spacial score (nSPS) is 11.7. The van der Waals surface area contributed by atoms with Crippen molar-refractivity contribution in [2.75, 3.05) is 0 Å². The summed E-state index contributed by atoms with van der Waals surface area (Å²) in [6.45, 7) is 0.605. The van der Waals surface area contributed by atoms with Crippen molar-refractivity contribution in [2.24, 2.45) is 0 Å². The van der Waals surface area contributed by atoms with E-state index in [1.807, 2.05) is 35.0 Å². The van der Waals surface area contributed by atoms with Gasteiger partial charge in [0.1, 0.15) is 18.2 Å². The van der Waals surface area contributed by atoms with E-state index >= 15 is 0 Å². The number of pyridine rings is 1. The molecule has 10 rings (SSSR count). The Balaban J connectivity index is 1.22. The van der Waals surface area contributed by atoms with Gasteiger partial charge >= 0.3 is 0 Å². The lowest BCUT2D eigenvalue weighted by Crippen LogP contribution is -2.40. The van der Waals surface area contributed by atoms with E-state index < -0.39 is 0 Å². The third-order valence-corrected chi connectivity index (χ3v) is 9.56. The third-order valence-electron chi connectivity index (χ3n) is 9.56. The van der Waals surface area contributed by atoms with Crippen LogP contribution in [-0.4, -0.2) is 19.1 Å². The zero-order valence-corrected chi connectivity index (χ0v) is 27.1. The number of benzene rings is 6. The Labute approximate surface area is 288 Å². The Morgan fingerprint density at radius 3 is 1.94 bits per heavy atom. The maximum Gasteiger partial charge on any atom is 0.138 e. The molecule has 0 saturated carbocycles. The van der Waals surface area contributed by atoms with E-state index in [0.717, 1.165) is 50.7 Å². The van der Waals surface area contributed by atoms with Gasteiger partial charge in [0.2, 0.25) is 0 Å². The highest BCUT2D eigenvalue weighted by Gasteiger charge is 2.21. The lowest BCUT2D eigenvalue weighted by Gasteiger charge is -2.11. The Hall–Kier alpha value is -6.79. The van der Waals surface area contributed by atoms with Gasteiger partial charge in [0.25, 0.3) is 0 Å². The summed E-state index contributed by atoms with van der Waals surface area (Å²) in [6.07, 6.45) is 0. The monoisotopic (exact) mass is 642 g/mol. The van der Waals surface area contributed by atoms with Crippen LogP contribution in [0.2, 0.25) is 0 Å². The van der Waals surface area contributed by atoms with Gasteiger partial charge in [-0.15, -0.1) is 0 Å². The molecule has 0 N–H and O–H groups in total. The van der Waals surface area contributed by atoms with E-state index in [9.17, 15) is 0 Å². The average Bonchev–Trinajstić information content (AvgIpc) is 3.86. The molecular formula is C44H30N6. The van der Waals surface area contributed by atoms with E-state index in [2.05, 4.69) is 149 Å². The van der Waals surface area contributed by atoms with Crippen molar-refractivity contribution >= 4 is 43.6 Å². The Morgan fingerprint density at radius 1 is 0.500 bits per heavy atom. The molecule has 6 nitrogen and oxygen atoms in total. The van der Waals surface area contributed by atoms with Crippen molar-refractivity contribution in [1.82, 2.24) is 24.2 Å². The second-order valence-electron chi connectivity index (χ2n) is 12.5. The van der Waals surface area contributed by atoms with Crippen LogP contribution in [0, 0.1) is 0 Å². The summed E-state index contributed by atoms with van der Waals surface area (Å²) < 4.78 is 6.67. The molecular weight excluding hydrogens is 613 g/mol. The summed E-state index contributed by atoms with van der Waals surface area (Å²) in [5.74, 6) is 2.22. The molecule has 0 aliphatic rings. The van der Waals surface area contributed by atoms with Crippen molar-refractivity contribution < 1.29 is 4.68 Å². The quantitative estimate of drug-likeness (QED) is 0.170. The minimum absolute atomic E-state index is 0.591. The Kier molecular flexibility index (Phi) is 6.45. The van der Waals surface area contributed by atoms with Gasteiger partial charge in [-0.05, 0) is 48.0 Å². The predicted molar refractivity (Wildman–Crippen MR) is 201 cm³/mol. The Bertz CT molecular complexity index is 2830. The van der Waals surface area contributed by atoms with Crippen molar-refractivity contribution in [3.8, 4) is 34.4 Å². The molecule has 0 aliphatic heterocycles. The molecule has 0 atom stereocenters. The van der Waals surface area contributed by atoms with Gasteiger partial charge in [0.05, 0.1) is 27.8 Å². The lowest BCUT2D eigenvalue weighted by molar-refractivity contribution is -0.737. The first-order valence-corrected chi connectivity index (χ1v) is 16.8. The van der Waals surface area contributed by atoms with E-state index in [0.29, 0.717) is 12.4 Å². The van der Waals surface area contributed by atoms with E-state index in [1.165, 1.54) is 27.1 Å². The summed E-state index contributed by atoms with van der Waals surface area (Å²) in [7, 11) is 0. The van der Waals surface area contributed by atoms with Crippen LogP contribution in [0.5, 0.6) is 0 Å². The molecule has 0 saturated heterocycles. The molecule has 0 bridgehead atoms. The average molecular weight is 643 g/mol. The number of hydrogen-bond acceptors (Lipinski definition) is 2. The number of rotatable bonds is 6. The van der Waals surface area contributed by atoms with Crippen LogP contribution >= 0.6 is 0 Å². The van der Waals surface area contributed by atoms with Crippen LogP contribution in [-0.2, 0) is 6.54 Å². The fraction of sp³-hybridized carbons (Fsp3) is 0.0227. The maximum atomic E-state index is 5.31. The molecule has 10 aromatic rings. The predicted octanol–water partition coefficient (Wildman–Crippen LogP) is 9.30. The summed E-state index contributed by atoms with van der Waals surface area (Å²) in [4.78, 5) is 10.4. The number of hydrogen-bond donors (Lipinski definition) is 0. The first kappa shape index (κ1) is 28.2. The third kappa shape index (κ3) is 4.46. The lowest BCUT2D eigenvalue weighted by atomic mass is 10.1. The molecule has 0 unspecified atom stereocenters. The van der Waals surface area contributed by atoms with Crippen LogP contribution in [0.25, 0.3) is 78.0 Å². The van der Waals surface area contributed by atoms with Crippen LogP contribution in [0.3, 0.4) is 0 Å². The molecule has 0 aliphatic carbocycles. The van der Waals surface area contributed by atoms with Crippen LogP contribution in [0.15, 0.2) is 170 Å². The van der Waals surface area contributed by atoms with Crippen molar-refractivity contribution in [3.05, 3.63) is 175 Å². The molecule has 0 spiro atoms. The fourth-order valence-electron chi connectivity index (χ4n) is 7.39. The van der Waals surface area contributed by atoms with Gasteiger partial charge in [-0.3, -0.25) is 14.3 Å². The molecule has 6 aromatic carbocycles. The van der Waals surface area contributed by atoms with Gasteiger partial charge in [-0.2, -0.15) is 0 Å². The first-order chi connectivity index (χ1) is 24.8. The first-order valence-electron chi connectivity index (χ1n) is 16.8. The number of para-hydroxylation sites is 3. The topological polar surface area (TPSA) is 53.6 Å². The van der Waals surface area contributed by atoms with E-state index in [-0.39, 0.29) is 0 Å². The zero-order valence-electron chi connectivity index (χ0n) is 27.1. The molecule has 6 heteroatoms. The number of fused-ring (bicyclic) bond motifs is 7. The summed E-state index contributed by atoms with van der Waals surface area (Å²) >= 11 is 0. The molecule has 0 amide bonds. The molecule has 0 fully saturated rings. The highest BCUT2D eigenvalue weighted by atomic mass is 15.4. The number of aromatic nitrogens is 6. The molecule has 4 heterocycles. The largest absolute Gasteiger partial charge is 0.396 e.